The molecule has 0 bridgehead atoms. The predicted octanol–water partition coefficient (Wildman–Crippen LogP) is 3.84. The highest BCUT2D eigenvalue weighted by molar-refractivity contribution is 6.31. The van der Waals surface area contributed by atoms with Crippen LogP contribution in [0.15, 0.2) is 36.4 Å². The molecule has 0 aliphatic heterocycles. The highest BCUT2D eigenvalue weighted by Crippen LogP contribution is 2.21. The van der Waals surface area contributed by atoms with Crippen molar-refractivity contribution in [3.63, 3.8) is 0 Å². The summed E-state index contributed by atoms with van der Waals surface area (Å²) < 4.78 is 0. The molecular weight excluding hydrogens is 374 g/mol. The number of carbonyl (C=O) groups excluding carboxylic acids is 2. The maximum absolute atomic E-state index is 12.3. The van der Waals surface area contributed by atoms with Gasteiger partial charge in [-0.2, -0.15) is 0 Å². The monoisotopic (exact) mass is 401 g/mol. The lowest BCUT2D eigenvalue weighted by Crippen LogP contribution is -2.34. The summed E-state index contributed by atoms with van der Waals surface area (Å²) in [5, 5.41) is 6.48. The third kappa shape index (κ3) is 6.66. The van der Waals surface area contributed by atoms with Crippen molar-refractivity contribution in [1.82, 2.24) is 10.2 Å². The lowest BCUT2D eigenvalue weighted by molar-refractivity contribution is -0.122. The first-order valence-corrected chi connectivity index (χ1v) is 9.70. The normalized spacial score (nSPS) is 10.8. The predicted molar refractivity (Wildman–Crippen MR) is 115 cm³/mol. The van der Waals surface area contributed by atoms with E-state index in [1.807, 2.05) is 50.9 Å². The largest absolute Gasteiger partial charge is 0.352 e. The first-order valence-electron chi connectivity index (χ1n) is 9.32. The molecule has 150 valence electrons. The average Bonchev–Trinajstić information content (AvgIpc) is 2.62. The Balaban J connectivity index is 1.76. The maximum Gasteiger partial charge on any atom is 0.238 e. The van der Waals surface area contributed by atoms with Gasteiger partial charge in [-0.25, -0.2) is 0 Å². The van der Waals surface area contributed by atoms with Gasteiger partial charge in [-0.15, -0.1) is 0 Å². The molecule has 0 saturated heterocycles. The Morgan fingerprint density at radius 3 is 2.32 bits per heavy atom. The van der Waals surface area contributed by atoms with Gasteiger partial charge < -0.3 is 10.6 Å². The summed E-state index contributed by atoms with van der Waals surface area (Å²) in [7, 11) is 1.83. The number of rotatable bonds is 8. The van der Waals surface area contributed by atoms with E-state index < -0.39 is 0 Å². The number of likely N-dealkylation sites (N-methyl/N-ethyl adjacent to an activating group) is 1. The number of carbonyl (C=O) groups is 2. The average molecular weight is 402 g/mol. The maximum atomic E-state index is 12.3. The molecule has 0 heterocycles. The second kappa shape index (κ2) is 10.2. The molecule has 2 amide bonds. The number of hydrogen-bond donors (Lipinski definition) is 2. The molecule has 0 saturated carbocycles. The molecule has 2 aromatic rings. The number of hydrogen-bond acceptors (Lipinski definition) is 3. The lowest BCUT2D eigenvalue weighted by atomic mass is 10.1. The summed E-state index contributed by atoms with van der Waals surface area (Å²) in [5.41, 5.74) is 5.02. The minimum Gasteiger partial charge on any atom is -0.352 e. The topological polar surface area (TPSA) is 61.4 Å². The molecule has 28 heavy (non-hydrogen) atoms. The van der Waals surface area contributed by atoms with Crippen molar-refractivity contribution in [2.75, 3.05) is 25.5 Å². The van der Waals surface area contributed by atoms with Gasteiger partial charge in [0.15, 0.2) is 0 Å². The van der Waals surface area contributed by atoms with Crippen molar-refractivity contribution in [2.45, 2.75) is 33.7 Å². The van der Waals surface area contributed by atoms with E-state index in [9.17, 15) is 9.59 Å². The molecule has 0 aromatic heterocycles. The first-order chi connectivity index (χ1) is 13.3. The summed E-state index contributed by atoms with van der Waals surface area (Å²) in [6.07, 6.45) is 0.316. The molecule has 0 aliphatic carbocycles. The smallest absolute Gasteiger partial charge is 0.238 e. The zero-order valence-corrected chi connectivity index (χ0v) is 17.7. The molecule has 5 nitrogen and oxygen atoms in total. The van der Waals surface area contributed by atoms with Crippen LogP contribution in [0.4, 0.5) is 5.69 Å². The van der Waals surface area contributed by atoms with Crippen LogP contribution in [-0.4, -0.2) is 36.9 Å². The van der Waals surface area contributed by atoms with Gasteiger partial charge in [0.1, 0.15) is 0 Å². The zero-order chi connectivity index (χ0) is 20.7. The number of amides is 2. The number of aryl methyl sites for hydroxylation is 3. The Labute approximate surface area is 172 Å². The van der Waals surface area contributed by atoms with Gasteiger partial charge in [-0.1, -0.05) is 47.5 Å². The number of halogens is 1. The summed E-state index contributed by atoms with van der Waals surface area (Å²) in [6, 6.07) is 11.5. The molecule has 0 spiro atoms. The van der Waals surface area contributed by atoms with Gasteiger partial charge >= 0.3 is 0 Å². The Hall–Kier alpha value is -2.37. The van der Waals surface area contributed by atoms with E-state index in [4.69, 9.17) is 11.6 Å². The van der Waals surface area contributed by atoms with Crippen molar-refractivity contribution in [1.29, 1.82) is 0 Å². The quantitative estimate of drug-likeness (QED) is 0.706. The second-order valence-electron chi connectivity index (χ2n) is 7.18. The molecule has 0 fully saturated rings. The SMILES string of the molecule is Cc1cc(C)c(NC(=O)CN(C)CCC(=O)NCc2ccccc2Cl)c(C)c1. The van der Waals surface area contributed by atoms with Crippen LogP contribution in [-0.2, 0) is 16.1 Å². The fourth-order valence-electron chi connectivity index (χ4n) is 3.10. The summed E-state index contributed by atoms with van der Waals surface area (Å²) in [5.74, 6) is -0.161. The Morgan fingerprint density at radius 1 is 1.04 bits per heavy atom. The molecule has 2 rings (SSSR count). The van der Waals surface area contributed by atoms with Crippen molar-refractivity contribution in [3.8, 4) is 0 Å². The van der Waals surface area contributed by atoms with Crippen molar-refractivity contribution >= 4 is 29.1 Å². The molecule has 0 aliphatic rings. The van der Waals surface area contributed by atoms with Crippen LogP contribution in [0.5, 0.6) is 0 Å². The van der Waals surface area contributed by atoms with E-state index in [0.29, 0.717) is 24.5 Å². The van der Waals surface area contributed by atoms with Crippen molar-refractivity contribution in [3.05, 3.63) is 63.7 Å². The van der Waals surface area contributed by atoms with Gasteiger partial charge in [0, 0.05) is 30.2 Å². The molecule has 0 unspecified atom stereocenters. The van der Waals surface area contributed by atoms with E-state index in [1.54, 1.807) is 6.07 Å². The van der Waals surface area contributed by atoms with Crippen LogP contribution in [0.3, 0.4) is 0 Å². The number of nitrogens with one attached hydrogen (secondary N) is 2. The van der Waals surface area contributed by atoms with Crippen molar-refractivity contribution < 1.29 is 9.59 Å². The Morgan fingerprint density at radius 2 is 1.68 bits per heavy atom. The fourth-order valence-corrected chi connectivity index (χ4v) is 3.30. The zero-order valence-electron chi connectivity index (χ0n) is 16.9. The minimum atomic E-state index is -0.0889. The number of nitrogens with zero attached hydrogens (tertiary/aromatic N) is 1. The van der Waals surface area contributed by atoms with Crippen LogP contribution in [0.1, 0.15) is 28.7 Å². The highest BCUT2D eigenvalue weighted by atomic mass is 35.5. The van der Waals surface area contributed by atoms with Crippen LogP contribution < -0.4 is 10.6 Å². The minimum absolute atomic E-state index is 0.0719. The number of anilines is 1. The molecule has 2 aromatic carbocycles. The number of benzene rings is 2. The molecule has 0 radical (unpaired) electrons. The van der Waals surface area contributed by atoms with Crippen LogP contribution in [0.2, 0.25) is 5.02 Å². The summed E-state index contributed by atoms with van der Waals surface area (Å²) >= 11 is 6.09. The highest BCUT2D eigenvalue weighted by Gasteiger charge is 2.12. The van der Waals surface area contributed by atoms with Gasteiger partial charge in [-0.05, 0) is 50.6 Å². The third-order valence-electron chi connectivity index (χ3n) is 4.51. The standard InChI is InChI=1S/C22H28ClN3O2/c1-15-11-16(2)22(17(3)12-15)25-21(28)14-26(4)10-9-20(27)24-13-18-7-5-6-8-19(18)23/h5-8,11-12H,9-10,13-14H2,1-4H3,(H,24,27)(H,25,28). The lowest BCUT2D eigenvalue weighted by Gasteiger charge is -2.18. The first kappa shape index (κ1) is 21.9. The van der Waals surface area contributed by atoms with E-state index in [-0.39, 0.29) is 18.4 Å². The van der Waals surface area contributed by atoms with Crippen molar-refractivity contribution in [2.24, 2.45) is 0 Å². The van der Waals surface area contributed by atoms with Gasteiger partial charge in [0.25, 0.3) is 0 Å². The third-order valence-corrected chi connectivity index (χ3v) is 4.88. The van der Waals surface area contributed by atoms with Crippen LogP contribution in [0, 0.1) is 20.8 Å². The van der Waals surface area contributed by atoms with Gasteiger partial charge in [-0.3, -0.25) is 14.5 Å². The van der Waals surface area contributed by atoms with Gasteiger partial charge in [0.2, 0.25) is 11.8 Å². The Kier molecular flexibility index (Phi) is 8.03. The van der Waals surface area contributed by atoms with Crippen LogP contribution in [0.25, 0.3) is 0 Å². The van der Waals surface area contributed by atoms with E-state index in [1.165, 1.54) is 5.56 Å². The van der Waals surface area contributed by atoms with E-state index in [2.05, 4.69) is 22.8 Å². The van der Waals surface area contributed by atoms with Crippen LogP contribution >= 0.6 is 11.6 Å². The van der Waals surface area contributed by atoms with E-state index >= 15 is 0 Å². The molecule has 0 atom stereocenters. The molecular formula is C22H28ClN3O2. The molecule has 6 heteroatoms. The van der Waals surface area contributed by atoms with Gasteiger partial charge in [0.05, 0.1) is 6.54 Å². The molecule has 2 N–H and O–H groups in total. The Bertz CT molecular complexity index is 828. The second-order valence-corrected chi connectivity index (χ2v) is 7.59. The summed E-state index contributed by atoms with van der Waals surface area (Å²) in [6.45, 7) is 7.13. The van der Waals surface area contributed by atoms with E-state index in [0.717, 1.165) is 22.4 Å². The summed E-state index contributed by atoms with van der Waals surface area (Å²) in [4.78, 5) is 26.2. The fraction of sp³-hybridized carbons (Fsp3) is 0.364.